The van der Waals surface area contributed by atoms with E-state index in [0.717, 1.165) is 17.9 Å². The van der Waals surface area contributed by atoms with Gasteiger partial charge in [-0.1, -0.05) is 6.07 Å². The first kappa shape index (κ1) is 17.2. The van der Waals surface area contributed by atoms with E-state index in [9.17, 15) is 9.59 Å². The first-order chi connectivity index (χ1) is 11.0. The molecule has 0 bridgehead atoms. The maximum Gasteiger partial charge on any atom is 0.225 e. The molecule has 2 amide bonds. The summed E-state index contributed by atoms with van der Waals surface area (Å²) in [5.74, 6) is 0.610. The second kappa shape index (κ2) is 7.92. The summed E-state index contributed by atoms with van der Waals surface area (Å²) in [6.45, 7) is 4.72. The number of hydrogen-bond donors (Lipinski definition) is 2. The molecule has 1 aromatic rings. The Labute approximate surface area is 137 Å². The van der Waals surface area contributed by atoms with Crippen molar-refractivity contribution >= 4 is 17.6 Å². The second-order valence-corrected chi connectivity index (χ2v) is 5.77. The van der Waals surface area contributed by atoms with Gasteiger partial charge in [-0.3, -0.25) is 14.5 Å². The number of carbonyl (C=O) groups excluding carboxylic acids is 2. The van der Waals surface area contributed by atoms with Crippen LogP contribution < -0.4 is 10.6 Å². The van der Waals surface area contributed by atoms with Crippen LogP contribution in [-0.4, -0.2) is 66.9 Å². The van der Waals surface area contributed by atoms with Crippen molar-refractivity contribution in [3.63, 3.8) is 0 Å². The molecule has 1 aliphatic heterocycles. The van der Waals surface area contributed by atoms with Crippen molar-refractivity contribution in [1.82, 2.24) is 20.1 Å². The minimum atomic E-state index is -0.221. The maximum absolute atomic E-state index is 12.1. The zero-order valence-electron chi connectivity index (χ0n) is 14.0. The SMILES string of the molecule is CNC(=O)[C@H]1CN(Cc2cccnc2NC)CCN(C(C)=O)C1. The summed E-state index contributed by atoms with van der Waals surface area (Å²) in [5.41, 5.74) is 1.09. The Hall–Kier alpha value is -2.15. The number of rotatable bonds is 4. The molecule has 23 heavy (non-hydrogen) atoms. The lowest BCUT2D eigenvalue weighted by atomic mass is 10.1. The fourth-order valence-corrected chi connectivity index (χ4v) is 2.91. The topological polar surface area (TPSA) is 77.6 Å². The van der Waals surface area contributed by atoms with E-state index in [2.05, 4.69) is 20.5 Å². The molecule has 2 heterocycles. The molecule has 1 fully saturated rings. The lowest BCUT2D eigenvalue weighted by molar-refractivity contribution is -0.130. The highest BCUT2D eigenvalue weighted by Crippen LogP contribution is 2.17. The summed E-state index contributed by atoms with van der Waals surface area (Å²) in [4.78, 5) is 32.1. The fraction of sp³-hybridized carbons (Fsp3) is 0.562. The van der Waals surface area contributed by atoms with Gasteiger partial charge in [-0.05, 0) is 6.07 Å². The van der Waals surface area contributed by atoms with Gasteiger partial charge in [0, 0.05) is 65.5 Å². The first-order valence-electron chi connectivity index (χ1n) is 7.86. The number of nitrogens with zero attached hydrogens (tertiary/aromatic N) is 3. The third-order valence-electron chi connectivity index (χ3n) is 4.19. The molecule has 7 heteroatoms. The van der Waals surface area contributed by atoms with E-state index in [1.165, 1.54) is 0 Å². The smallest absolute Gasteiger partial charge is 0.225 e. The monoisotopic (exact) mass is 319 g/mol. The maximum atomic E-state index is 12.1. The molecule has 0 spiro atoms. The van der Waals surface area contributed by atoms with Gasteiger partial charge >= 0.3 is 0 Å². The van der Waals surface area contributed by atoms with Gasteiger partial charge in [0.15, 0.2) is 0 Å². The number of carbonyl (C=O) groups is 2. The first-order valence-corrected chi connectivity index (χ1v) is 7.86. The van der Waals surface area contributed by atoms with E-state index in [-0.39, 0.29) is 17.7 Å². The highest BCUT2D eigenvalue weighted by atomic mass is 16.2. The molecule has 0 unspecified atom stereocenters. The summed E-state index contributed by atoms with van der Waals surface area (Å²) >= 11 is 0. The van der Waals surface area contributed by atoms with Crippen molar-refractivity contribution in [2.45, 2.75) is 13.5 Å². The lowest BCUT2D eigenvalue weighted by Gasteiger charge is -2.23. The Bertz CT molecular complexity index is 563. The van der Waals surface area contributed by atoms with Gasteiger partial charge in [-0.2, -0.15) is 0 Å². The van der Waals surface area contributed by atoms with Crippen LogP contribution in [0.5, 0.6) is 0 Å². The summed E-state index contributed by atoms with van der Waals surface area (Å²) in [6.07, 6.45) is 1.75. The molecule has 0 saturated carbocycles. The van der Waals surface area contributed by atoms with Crippen LogP contribution in [0.3, 0.4) is 0 Å². The van der Waals surface area contributed by atoms with Crippen LogP contribution in [0.2, 0.25) is 0 Å². The van der Waals surface area contributed by atoms with Crippen molar-refractivity contribution in [1.29, 1.82) is 0 Å². The Morgan fingerprint density at radius 1 is 1.30 bits per heavy atom. The van der Waals surface area contributed by atoms with Gasteiger partial charge in [0.25, 0.3) is 0 Å². The van der Waals surface area contributed by atoms with Gasteiger partial charge in [0.1, 0.15) is 5.82 Å². The van der Waals surface area contributed by atoms with E-state index >= 15 is 0 Å². The number of hydrogen-bond acceptors (Lipinski definition) is 5. The van der Waals surface area contributed by atoms with Crippen LogP contribution in [0.25, 0.3) is 0 Å². The fourth-order valence-electron chi connectivity index (χ4n) is 2.91. The molecule has 7 nitrogen and oxygen atoms in total. The molecule has 2 N–H and O–H groups in total. The van der Waals surface area contributed by atoms with E-state index in [0.29, 0.717) is 26.2 Å². The van der Waals surface area contributed by atoms with E-state index in [4.69, 9.17) is 0 Å². The van der Waals surface area contributed by atoms with Crippen LogP contribution in [-0.2, 0) is 16.1 Å². The van der Waals surface area contributed by atoms with Gasteiger partial charge in [-0.15, -0.1) is 0 Å². The number of nitrogens with one attached hydrogen (secondary N) is 2. The third kappa shape index (κ3) is 4.41. The zero-order chi connectivity index (χ0) is 16.8. The average Bonchev–Trinajstić information content (AvgIpc) is 2.77. The quantitative estimate of drug-likeness (QED) is 0.826. The molecule has 1 saturated heterocycles. The highest BCUT2D eigenvalue weighted by molar-refractivity contribution is 5.80. The Kier molecular flexibility index (Phi) is 5.92. The summed E-state index contributed by atoms with van der Waals surface area (Å²) < 4.78 is 0. The molecular formula is C16H25N5O2. The molecular weight excluding hydrogens is 294 g/mol. The normalized spacial score (nSPS) is 19.1. The largest absolute Gasteiger partial charge is 0.373 e. The van der Waals surface area contributed by atoms with E-state index in [1.807, 2.05) is 19.2 Å². The standard InChI is InChI=1S/C16H25N5O2/c1-12(22)21-8-7-20(10-14(11-21)16(23)18-3)9-13-5-4-6-19-15(13)17-2/h4-6,14H,7-11H2,1-3H3,(H,17,19)(H,18,23)/t14-/m0/s1. The van der Waals surface area contributed by atoms with E-state index in [1.54, 1.807) is 25.1 Å². The molecule has 0 radical (unpaired) electrons. The van der Waals surface area contributed by atoms with Gasteiger partial charge < -0.3 is 15.5 Å². The van der Waals surface area contributed by atoms with Crippen molar-refractivity contribution in [3.05, 3.63) is 23.9 Å². The summed E-state index contributed by atoms with van der Waals surface area (Å²) in [5, 5.41) is 5.79. The van der Waals surface area contributed by atoms with Gasteiger partial charge in [0.2, 0.25) is 11.8 Å². The molecule has 0 aromatic carbocycles. The minimum absolute atomic E-state index is 0.0121. The summed E-state index contributed by atoms with van der Waals surface area (Å²) in [7, 11) is 3.48. The molecule has 2 rings (SSSR count). The number of anilines is 1. The Balaban J connectivity index is 2.14. The van der Waals surface area contributed by atoms with Gasteiger partial charge in [0.05, 0.1) is 5.92 Å². The molecule has 1 aromatic heterocycles. The number of pyridine rings is 1. The predicted molar refractivity (Wildman–Crippen MR) is 88.9 cm³/mol. The van der Waals surface area contributed by atoms with Crippen molar-refractivity contribution in [3.8, 4) is 0 Å². The molecule has 126 valence electrons. The van der Waals surface area contributed by atoms with Crippen LogP contribution in [0.15, 0.2) is 18.3 Å². The predicted octanol–water partition coefficient (Wildman–Crippen LogP) is 0.150. The Morgan fingerprint density at radius 3 is 2.74 bits per heavy atom. The lowest BCUT2D eigenvalue weighted by Crippen LogP contribution is -2.40. The third-order valence-corrected chi connectivity index (χ3v) is 4.19. The minimum Gasteiger partial charge on any atom is -0.373 e. The van der Waals surface area contributed by atoms with Crippen LogP contribution in [0.4, 0.5) is 5.82 Å². The van der Waals surface area contributed by atoms with Crippen molar-refractivity contribution in [2.24, 2.45) is 5.92 Å². The summed E-state index contributed by atoms with van der Waals surface area (Å²) in [6, 6.07) is 3.94. The van der Waals surface area contributed by atoms with Crippen LogP contribution in [0, 0.1) is 5.92 Å². The van der Waals surface area contributed by atoms with E-state index < -0.39 is 0 Å². The van der Waals surface area contributed by atoms with Crippen LogP contribution in [0.1, 0.15) is 12.5 Å². The van der Waals surface area contributed by atoms with Crippen molar-refractivity contribution in [2.75, 3.05) is 45.6 Å². The number of aromatic nitrogens is 1. The number of amides is 2. The Morgan fingerprint density at radius 2 is 2.09 bits per heavy atom. The molecule has 0 aliphatic carbocycles. The van der Waals surface area contributed by atoms with Crippen molar-refractivity contribution < 1.29 is 9.59 Å². The molecule has 1 atom stereocenters. The zero-order valence-corrected chi connectivity index (χ0v) is 14.0. The average molecular weight is 319 g/mol. The van der Waals surface area contributed by atoms with Crippen LogP contribution >= 0.6 is 0 Å². The highest BCUT2D eigenvalue weighted by Gasteiger charge is 2.28. The molecule has 1 aliphatic rings. The second-order valence-electron chi connectivity index (χ2n) is 5.77. The van der Waals surface area contributed by atoms with Gasteiger partial charge in [-0.25, -0.2) is 4.98 Å².